The van der Waals surface area contributed by atoms with Gasteiger partial charge in [-0.1, -0.05) is 43.2 Å². The molecule has 1 heterocycles. The van der Waals surface area contributed by atoms with Crippen molar-refractivity contribution in [2.24, 2.45) is 0 Å². The normalized spacial score (nSPS) is 23.2. The van der Waals surface area contributed by atoms with Gasteiger partial charge in [-0.3, -0.25) is 0 Å². The lowest BCUT2D eigenvalue weighted by Gasteiger charge is -2.34. The number of benzene rings is 1. The average molecular weight is 260 g/mol. The highest BCUT2D eigenvalue weighted by Gasteiger charge is 2.33. The van der Waals surface area contributed by atoms with Crippen LogP contribution in [0, 0.1) is 6.92 Å². The summed E-state index contributed by atoms with van der Waals surface area (Å²) in [5.41, 5.74) is 3.12. The standard InChI is InChI=1S/C17H28N2/c1-4-10-17(11-5-12-18-17)14-19(3)13-16-8-6-15(2)7-9-16/h6-9,18H,4-5,10-14H2,1-3H3. The fourth-order valence-electron chi connectivity index (χ4n) is 3.35. The molecule has 1 aromatic rings. The van der Waals surface area contributed by atoms with Crippen molar-refractivity contribution in [3.63, 3.8) is 0 Å². The van der Waals surface area contributed by atoms with Gasteiger partial charge in [0.05, 0.1) is 0 Å². The summed E-state index contributed by atoms with van der Waals surface area (Å²) in [6.45, 7) is 7.84. The third kappa shape index (κ3) is 4.05. The van der Waals surface area contributed by atoms with Crippen LogP contribution in [-0.4, -0.2) is 30.6 Å². The molecule has 1 aliphatic rings. The topological polar surface area (TPSA) is 15.3 Å². The summed E-state index contributed by atoms with van der Waals surface area (Å²) in [7, 11) is 2.25. The van der Waals surface area contributed by atoms with Crippen LogP contribution < -0.4 is 5.32 Å². The van der Waals surface area contributed by atoms with Gasteiger partial charge in [-0.05, 0) is 45.3 Å². The molecular weight excluding hydrogens is 232 g/mol. The molecule has 0 aromatic heterocycles. The maximum Gasteiger partial charge on any atom is 0.0309 e. The van der Waals surface area contributed by atoms with E-state index < -0.39 is 0 Å². The van der Waals surface area contributed by atoms with E-state index in [4.69, 9.17) is 0 Å². The second-order valence-electron chi connectivity index (χ2n) is 6.22. The first-order chi connectivity index (χ1) is 9.13. The first-order valence-corrected chi connectivity index (χ1v) is 7.63. The van der Waals surface area contributed by atoms with Crippen LogP contribution in [0.5, 0.6) is 0 Å². The molecule has 1 fully saturated rings. The predicted octanol–water partition coefficient (Wildman–Crippen LogP) is 3.35. The molecule has 0 radical (unpaired) electrons. The van der Waals surface area contributed by atoms with E-state index in [1.165, 1.54) is 43.4 Å². The summed E-state index contributed by atoms with van der Waals surface area (Å²) in [6, 6.07) is 8.92. The van der Waals surface area contributed by atoms with Crippen LogP contribution in [0.3, 0.4) is 0 Å². The molecule has 1 atom stereocenters. The van der Waals surface area contributed by atoms with Crippen molar-refractivity contribution in [1.82, 2.24) is 10.2 Å². The summed E-state index contributed by atoms with van der Waals surface area (Å²) in [5.74, 6) is 0. The monoisotopic (exact) mass is 260 g/mol. The van der Waals surface area contributed by atoms with Gasteiger partial charge in [-0.25, -0.2) is 0 Å². The third-order valence-electron chi connectivity index (χ3n) is 4.21. The fourth-order valence-corrected chi connectivity index (χ4v) is 3.35. The van der Waals surface area contributed by atoms with Crippen molar-refractivity contribution in [3.05, 3.63) is 35.4 Å². The van der Waals surface area contributed by atoms with Gasteiger partial charge in [0.2, 0.25) is 0 Å². The molecule has 0 aliphatic carbocycles. The molecule has 2 nitrogen and oxygen atoms in total. The van der Waals surface area contributed by atoms with Crippen LogP contribution >= 0.6 is 0 Å². The first kappa shape index (κ1) is 14.5. The van der Waals surface area contributed by atoms with E-state index in [0.717, 1.165) is 13.1 Å². The zero-order valence-corrected chi connectivity index (χ0v) is 12.7. The molecule has 1 saturated heterocycles. The highest BCUT2D eigenvalue weighted by Crippen LogP contribution is 2.26. The summed E-state index contributed by atoms with van der Waals surface area (Å²) >= 11 is 0. The van der Waals surface area contributed by atoms with Gasteiger partial charge < -0.3 is 10.2 Å². The molecule has 19 heavy (non-hydrogen) atoms. The number of aryl methyl sites for hydroxylation is 1. The van der Waals surface area contributed by atoms with Crippen molar-refractivity contribution in [2.75, 3.05) is 20.1 Å². The van der Waals surface area contributed by atoms with Crippen molar-refractivity contribution >= 4 is 0 Å². The minimum Gasteiger partial charge on any atom is -0.310 e. The van der Waals surface area contributed by atoms with Crippen LogP contribution in [0.2, 0.25) is 0 Å². The van der Waals surface area contributed by atoms with E-state index in [1.54, 1.807) is 0 Å². The second-order valence-corrected chi connectivity index (χ2v) is 6.22. The van der Waals surface area contributed by atoms with Crippen LogP contribution in [-0.2, 0) is 6.54 Å². The fraction of sp³-hybridized carbons (Fsp3) is 0.647. The van der Waals surface area contributed by atoms with E-state index in [2.05, 4.69) is 55.4 Å². The highest BCUT2D eigenvalue weighted by molar-refractivity contribution is 5.21. The zero-order valence-electron chi connectivity index (χ0n) is 12.7. The number of nitrogens with zero attached hydrogens (tertiary/aromatic N) is 1. The van der Waals surface area contributed by atoms with Gasteiger partial charge in [0, 0.05) is 18.6 Å². The number of likely N-dealkylation sites (N-methyl/N-ethyl adjacent to an activating group) is 1. The molecular formula is C17H28N2. The molecule has 1 aromatic carbocycles. The Morgan fingerprint density at radius 3 is 2.58 bits per heavy atom. The van der Waals surface area contributed by atoms with Gasteiger partial charge in [0.25, 0.3) is 0 Å². The largest absolute Gasteiger partial charge is 0.310 e. The molecule has 0 spiro atoms. The minimum absolute atomic E-state index is 0.369. The molecule has 0 amide bonds. The quantitative estimate of drug-likeness (QED) is 0.844. The molecule has 0 bridgehead atoms. The van der Waals surface area contributed by atoms with Crippen molar-refractivity contribution in [2.45, 2.75) is 51.6 Å². The Bertz CT molecular complexity index is 377. The average Bonchev–Trinajstić information content (AvgIpc) is 2.81. The Balaban J connectivity index is 1.92. The lowest BCUT2D eigenvalue weighted by Crippen LogP contribution is -2.48. The van der Waals surface area contributed by atoms with E-state index in [9.17, 15) is 0 Å². The Labute approximate surface area is 118 Å². The molecule has 106 valence electrons. The first-order valence-electron chi connectivity index (χ1n) is 7.63. The Hall–Kier alpha value is -0.860. The number of rotatable bonds is 6. The maximum absolute atomic E-state index is 3.76. The molecule has 1 N–H and O–H groups in total. The smallest absolute Gasteiger partial charge is 0.0309 e. The molecule has 0 saturated carbocycles. The minimum atomic E-state index is 0.369. The summed E-state index contributed by atoms with van der Waals surface area (Å²) < 4.78 is 0. The third-order valence-corrected chi connectivity index (χ3v) is 4.21. The number of hydrogen-bond acceptors (Lipinski definition) is 2. The van der Waals surface area contributed by atoms with Crippen LogP contribution in [0.25, 0.3) is 0 Å². The van der Waals surface area contributed by atoms with Gasteiger partial charge in [0.1, 0.15) is 0 Å². The summed E-state index contributed by atoms with van der Waals surface area (Å²) in [6.07, 6.45) is 5.23. The molecule has 2 heteroatoms. The van der Waals surface area contributed by atoms with Gasteiger partial charge in [0.15, 0.2) is 0 Å². The molecule has 1 unspecified atom stereocenters. The highest BCUT2D eigenvalue weighted by atomic mass is 15.2. The maximum atomic E-state index is 3.76. The second kappa shape index (κ2) is 6.53. The van der Waals surface area contributed by atoms with Crippen molar-refractivity contribution in [1.29, 1.82) is 0 Å². The van der Waals surface area contributed by atoms with Gasteiger partial charge in [-0.15, -0.1) is 0 Å². The predicted molar refractivity (Wildman–Crippen MR) is 82.4 cm³/mol. The lowest BCUT2D eigenvalue weighted by atomic mass is 9.91. The van der Waals surface area contributed by atoms with Gasteiger partial charge in [-0.2, -0.15) is 0 Å². The van der Waals surface area contributed by atoms with Gasteiger partial charge >= 0.3 is 0 Å². The summed E-state index contributed by atoms with van der Waals surface area (Å²) in [4.78, 5) is 2.47. The Kier molecular flexibility index (Phi) is 5.00. The van der Waals surface area contributed by atoms with Crippen LogP contribution in [0.1, 0.15) is 43.7 Å². The SMILES string of the molecule is CCCC1(CN(C)Cc2ccc(C)cc2)CCCN1. The van der Waals surface area contributed by atoms with Crippen molar-refractivity contribution < 1.29 is 0 Å². The van der Waals surface area contributed by atoms with Crippen LogP contribution in [0.15, 0.2) is 24.3 Å². The van der Waals surface area contributed by atoms with Crippen molar-refractivity contribution in [3.8, 4) is 0 Å². The van der Waals surface area contributed by atoms with E-state index in [-0.39, 0.29) is 0 Å². The van der Waals surface area contributed by atoms with E-state index >= 15 is 0 Å². The Morgan fingerprint density at radius 2 is 2.00 bits per heavy atom. The zero-order chi connectivity index (χ0) is 13.7. The van der Waals surface area contributed by atoms with Crippen LogP contribution in [0.4, 0.5) is 0 Å². The Morgan fingerprint density at radius 1 is 1.26 bits per heavy atom. The number of hydrogen-bond donors (Lipinski definition) is 1. The molecule has 1 aliphatic heterocycles. The van der Waals surface area contributed by atoms with E-state index in [0.29, 0.717) is 5.54 Å². The lowest BCUT2D eigenvalue weighted by molar-refractivity contribution is 0.207. The van der Waals surface area contributed by atoms with E-state index in [1.807, 2.05) is 0 Å². The summed E-state index contributed by atoms with van der Waals surface area (Å²) in [5, 5.41) is 3.76. The molecule has 2 rings (SSSR count). The number of nitrogens with one attached hydrogen (secondary N) is 1.